The van der Waals surface area contributed by atoms with Crippen molar-refractivity contribution in [2.75, 3.05) is 17.7 Å². The second-order valence-electron chi connectivity index (χ2n) is 3.84. The van der Waals surface area contributed by atoms with Crippen molar-refractivity contribution in [2.24, 2.45) is 0 Å². The molecule has 0 saturated heterocycles. The van der Waals surface area contributed by atoms with Crippen LogP contribution in [0.15, 0.2) is 24.3 Å². The number of para-hydroxylation sites is 2. The molecule has 1 N–H and O–H groups in total. The molecule has 0 aliphatic heterocycles. The molecule has 0 aliphatic rings. The monoisotopic (exact) mass is 253 g/mol. The highest BCUT2D eigenvalue weighted by Gasteiger charge is 2.07. The minimum absolute atomic E-state index is 0.0100. The summed E-state index contributed by atoms with van der Waals surface area (Å²) in [5.41, 5.74) is 0.740. The number of thioether (sulfide) groups is 1. The summed E-state index contributed by atoms with van der Waals surface area (Å²) >= 11 is 1.62. The largest absolute Gasteiger partial charge is 0.492 e. The summed E-state index contributed by atoms with van der Waals surface area (Å²) in [6.07, 6.45) is 0. The summed E-state index contributed by atoms with van der Waals surface area (Å²) in [4.78, 5) is 11.7. The highest BCUT2D eigenvalue weighted by atomic mass is 32.2. The molecule has 1 amide bonds. The molecule has 1 rings (SSSR count). The van der Waals surface area contributed by atoms with Crippen molar-refractivity contribution in [3.63, 3.8) is 0 Å². The third kappa shape index (κ3) is 5.13. The van der Waals surface area contributed by atoms with E-state index in [1.807, 2.05) is 31.2 Å². The maximum absolute atomic E-state index is 11.7. The normalized spacial score (nSPS) is 10.4. The van der Waals surface area contributed by atoms with E-state index in [9.17, 15) is 4.79 Å². The molecular formula is C13H19NO2S. The zero-order valence-corrected chi connectivity index (χ0v) is 11.3. The van der Waals surface area contributed by atoms with E-state index in [0.717, 1.165) is 11.4 Å². The number of ether oxygens (including phenoxy) is 1. The van der Waals surface area contributed by atoms with Gasteiger partial charge >= 0.3 is 0 Å². The molecule has 17 heavy (non-hydrogen) atoms. The van der Waals surface area contributed by atoms with Gasteiger partial charge in [-0.15, -0.1) is 11.8 Å². The fraction of sp³-hybridized carbons (Fsp3) is 0.462. The van der Waals surface area contributed by atoms with E-state index in [4.69, 9.17) is 4.74 Å². The lowest BCUT2D eigenvalue weighted by molar-refractivity contribution is -0.113. The van der Waals surface area contributed by atoms with Crippen molar-refractivity contribution >= 4 is 23.4 Å². The van der Waals surface area contributed by atoms with Gasteiger partial charge in [0.1, 0.15) is 5.75 Å². The van der Waals surface area contributed by atoms with Gasteiger partial charge in [0.15, 0.2) is 0 Å². The highest BCUT2D eigenvalue weighted by Crippen LogP contribution is 2.23. The molecule has 3 nitrogen and oxygen atoms in total. The summed E-state index contributed by atoms with van der Waals surface area (Å²) in [6, 6.07) is 7.48. The van der Waals surface area contributed by atoms with E-state index < -0.39 is 0 Å². The van der Waals surface area contributed by atoms with Crippen LogP contribution in [0.5, 0.6) is 5.75 Å². The Bertz CT molecular complexity index is 366. The van der Waals surface area contributed by atoms with Crippen LogP contribution in [0.4, 0.5) is 5.69 Å². The molecule has 1 aromatic rings. The van der Waals surface area contributed by atoms with Crippen LogP contribution in [0.3, 0.4) is 0 Å². The fourth-order valence-electron chi connectivity index (χ4n) is 1.28. The third-order valence-corrected chi connectivity index (χ3v) is 3.10. The Hall–Kier alpha value is -1.16. The Kier molecular flexibility index (Phi) is 5.91. The predicted molar refractivity (Wildman–Crippen MR) is 73.8 cm³/mol. The number of carbonyl (C=O) groups excluding carboxylic acids is 1. The summed E-state index contributed by atoms with van der Waals surface area (Å²) in [5.74, 6) is 1.20. The number of nitrogens with one attached hydrogen (secondary N) is 1. The molecule has 0 radical (unpaired) electrons. The van der Waals surface area contributed by atoms with Crippen molar-refractivity contribution in [3.8, 4) is 5.75 Å². The van der Waals surface area contributed by atoms with Gasteiger partial charge in [0, 0.05) is 0 Å². The molecule has 94 valence electrons. The maximum Gasteiger partial charge on any atom is 0.234 e. The minimum Gasteiger partial charge on any atom is -0.492 e. The second-order valence-corrected chi connectivity index (χ2v) is 5.40. The van der Waals surface area contributed by atoms with Crippen LogP contribution in [0.2, 0.25) is 0 Å². The zero-order chi connectivity index (χ0) is 12.7. The molecule has 0 bridgehead atoms. The van der Waals surface area contributed by atoms with Crippen LogP contribution in [-0.2, 0) is 4.79 Å². The van der Waals surface area contributed by atoms with E-state index in [1.54, 1.807) is 11.8 Å². The number of rotatable bonds is 6. The third-order valence-electron chi connectivity index (χ3n) is 2.01. The van der Waals surface area contributed by atoms with Crippen LogP contribution >= 0.6 is 11.8 Å². The van der Waals surface area contributed by atoms with Gasteiger partial charge in [0.2, 0.25) is 5.91 Å². The van der Waals surface area contributed by atoms with Gasteiger partial charge in [0.05, 0.1) is 18.0 Å². The lowest BCUT2D eigenvalue weighted by Gasteiger charge is -2.11. The first-order valence-electron chi connectivity index (χ1n) is 5.76. The van der Waals surface area contributed by atoms with E-state index in [1.165, 1.54) is 0 Å². The Morgan fingerprint density at radius 3 is 2.76 bits per heavy atom. The smallest absolute Gasteiger partial charge is 0.234 e. The van der Waals surface area contributed by atoms with Gasteiger partial charge in [-0.2, -0.15) is 0 Å². The Labute approximate surface area is 107 Å². The van der Waals surface area contributed by atoms with Gasteiger partial charge in [0.25, 0.3) is 0 Å². The molecule has 1 aromatic carbocycles. The molecule has 0 saturated carbocycles. The summed E-state index contributed by atoms with van der Waals surface area (Å²) in [7, 11) is 0. The van der Waals surface area contributed by atoms with Gasteiger partial charge in [-0.3, -0.25) is 4.79 Å². The molecule has 0 heterocycles. The van der Waals surface area contributed by atoms with Gasteiger partial charge < -0.3 is 10.1 Å². The lowest BCUT2D eigenvalue weighted by Crippen LogP contribution is -2.16. The summed E-state index contributed by atoms with van der Waals surface area (Å²) in [6.45, 7) is 6.67. The number of hydrogen-bond donors (Lipinski definition) is 1. The summed E-state index contributed by atoms with van der Waals surface area (Å²) in [5, 5.41) is 3.33. The first-order chi connectivity index (χ1) is 8.13. The topological polar surface area (TPSA) is 38.3 Å². The lowest BCUT2D eigenvalue weighted by atomic mass is 10.3. The van der Waals surface area contributed by atoms with Gasteiger partial charge in [-0.25, -0.2) is 0 Å². The number of carbonyl (C=O) groups is 1. The molecule has 0 spiro atoms. The molecule has 0 aliphatic carbocycles. The van der Waals surface area contributed by atoms with E-state index in [0.29, 0.717) is 17.6 Å². The van der Waals surface area contributed by atoms with Crippen LogP contribution in [-0.4, -0.2) is 23.5 Å². The highest BCUT2D eigenvalue weighted by molar-refractivity contribution is 8.00. The van der Waals surface area contributed by atoms with Crippen LogP contribution in [0.25, 0.3) is 0 Å². The molecule has 0 atom stereocenters. The maximum atomic E-state index is 11.7. The van der Waals surface area contributed by atoms with Crippen LogP contribution in [0, 0.1) is 0 Å². The fourth-order valence-corrected chi connectivity index (χ4v) is 1.84. The van der Waals surface area contributed by atoms with Gasteiger partial charge in [-0.1, -0.05) is 26.0 Å². The molecule has 4 heteroatoms. The molecule has 0 fully saturated rings. The first kappa shape index (κ1) is 13.9. The number of hydrogen-bond acceptors (Lipinski definition) is 3. The van der Waals surface area contributed by atoms with E-state index >= 15 is 0 Å². The zero-order valence-electron chi connectivity index (χ0n) is 10.5. The molecule has 0 unspecified atom stereocenters. The standard InChI is InChI=1S/C13H19NO2S/c1-4-16-12-8-6-5-7-11(12)14-13(15)9-17-10(2)3/h5-8,10H,4,9H2,1-3H3,(H,14,15). The Morgan fingerprint density at radius 2 is 2.12 bits per heavy atom. The minimum atomic E-state index is 0.0100. The molecule has 0 aromatic heterocycles. The van der Waals surface area contributed by atoms with Crippen molar-refractivity contribution < 1.29 is 9.53 Å². The quantitative estimate of drug-likeness (QED) is 0.846. The molecular weight excluding hydrogens is 234 g/mol. The van der Waals surface area contributed by atoms with Crippen molar-refractivity contribution in [1.29, 1.82) is 0 Å². The number of amides is 1. The van der Waals surface area contributed by atoms with Crippen molar-refractivity contribution in [3.05, 3.63) is 24.3 Å². The van der Waals surface area contributed by atoms with Crippen molar-refractivity contribution in [2.45, 2.75) is 26.0 Å². The summed E-state index contributed by atoms with van der Waals surface area (Å²) < 4.78 is 5.44. The Morgan fingerprint density at radius 1 is 1.41 bits per heavy atom. The number of anilines is 1. The van der Waals surface area contributed by atoms with E-state index in [-0.39, 0.29) is 5.91 Å². The van der Waals surface area contributed by atoms with Crippen LogP contribution < -0.4 is 10.1 Å². The average Bonchev–Trinajstić information content (AvgIpc) is 2.29. The van der Waals surface area contributed by atoms with E-state index in [2.05, 4.69) is 19.2 Å². The van der Waals surface area contributed by atoms with Gasteiger partial charge in [-0.05, 0) is 24.3 Å². The predicted octanol–water partition coefficient (Wildman–Crippen LogP) is 3.17. The average molecular weight is 253 g/mol. The number of benzene rings is 1. The SMILES string of the molecule is CCOc1ccccc1NC(=O)CSC(C)C. The second kappa shape index (κ2) is 7.22. The van der Waals surface area contributed by atoms with Crippen molar-refractivity contribution in [1.82, 2.24) is 0 Å². The van der Waals surface area contributed by atoms with Crippen LogP contribution in [0.1, 0.15) is 20.8 Å². The first-order valence-corrected chi connectivity index (χ1v) is 6.81. The Balaban J connectivity index is 2.58.